The second kappa shape index (κ2) is 18.9. The van der Waals surface area contributed by atoms with Gasteiger partial charge in [0.2, 0.25) is 5.91 Å². The van der Waals surface area contributed by atoms with E-state index in [1.165, 1.54) is 96.0 Å². The number of nitrogens with two attached hydrogens (primary N) is 1. The molecule has 154 valence electrons. The third kappa shape index (κ3) is 16.6. The Balaban J connectivity index is 3.26. The molecular formula is C23H46N2O. The van der Waals surface area contributed by atoms with Gasteiger partial charge >= 0.3 is 0 Å². The van der Waals surface area contributed by atoms with Crippen LogP contribution in [0.5, 0.6) is 0 Å². The molecule has 0 saturated carbocycles. The standard InChI is InChI=1S/C23H46N2O/c1-4-6-7-8-9-10-11-12-13-14-15-16-17-18-19-20-22(24)21(3)25-23(26)5-2/h5,21-22H,2,4,6-20,24H2,1,3H3,(H,25,26). The quantitative estimate of drug-likeness (QED) is 0.209. The largest absolute Gasteiger partial charge is 0.349 e. The molecule has 0 aliphatic rings. The molecule has 0 bridgehead atoms. The molecule has 2 unspecified atom stereocenters. The van der Waals surface area contributed by atoms with Gasteiger partial charge < -0.3 is 11.1 Å². The van der Waals surface area contributed by atoms with Crippen LogP contribution in [0.1, 0.15) is 117 Å². The van der Waals surface area contributed by atoms with Gasteiger partial charge in [0, 0.05) is 12.1 Å². The molecule has 0 heterocycles. The fourth-order valence-corrected chi connectivity index (χ4v) is 3.39. The zero-order chi connectivity index (χ0) is 19.5. The van der Waals surface area contributed by atoms with Crippen LogP contribution in [0.25, 0.3) is 0 Å². The Kier molecular flexibility index (Phi) is 18.3. The van der Waals surface area contributed by atoms with E-state index in [4.69, 9.17) is 5.73 Å². The second-order valence-corrected chi connectivity index (χ2v) is 7.90. The highest BCUT2D eigenvalue weighted by Gasteiger charge is 2.13. The maximum atomic E-state index is 11.3. The predicted molar refractivity (Wildman–Crippen MR) is 115 cm³/mol. The van der Waals surface area contributed by atoms with E-state index in [1.54, 1.807) is 0 Å². The molecule has 0 spiro atoms. The molecule has 0 aliphatic carbocycles. The fraction of sp³-hybridized carbons (Fsp3) is 0.870. The summed E-state index contributed by atoms with van der Waals surface area (Å²) in [4.78, 5) is 11.3. The lowest BCUT2D eigenvalue weighted by molar-refractivity contribution is -0.117. The van der Waals surface area contributed by atoms with E-state index < -0.39 is 0 Å². The first-order chi connectivity index (χ1) is 12.6. The van der Waals surface area contributed by atoms with Gasteiger partial charge in [0.15, 0.2) is 0 Å². The number of carbonyl (C=O) groups is 1. The topological polar surface area (TPSA) is 55.1 Å². The van der Waals surface area contributed by atoms with E-state index in [-0.39, 0.29) is 18.0 Å². The minimum atomic E-state index is -0.135. The van der Waals surface area contributed by atoms with E-state index in [2.05, 4.69) is 18.8 Å². The maximum Gasteiger partial charge on any atom is 0.243 e. The summed E-state index contributed by atoms with van der Waals surface area (Å²) in [6.07, 6.45) is 23.0. The number of hydrogen-bond donors (Lipinski definition) is 2. The summed E-state index contributed by atoms with van der Waals surface area (Å²) in [5, 5.41) is 2.85. The maximum absolute atomic E-state index is 11.3. The number of amides is 1. The van der Waals surface area contributed by atoms with Crippen molar-refractivity contribution in [3.05, 3.63) is 12.7 Å². The Bertz CT molecular complexity index is 330. The molecular weight excluding hydrogens is 320 g/mol. The molecule has 3 N–H and O–H groups in total. The van der Waals surface area contributed by atoms with Crippen LogP contribution >= 0.6 is 0 Å². The average molecular weight is 367 g/mol. The van der Waals surface area contributed by atoms with Gasteiger partial charge in [-0.15, -0.1) is 0 Å². The first-order valence-corrected chi connectivity index (χ1v) is 11.3. The molecule has 0 saturated heterocycles. The first-order valence-electron chi connectivity index (χ1n) is 11.3. The number of rotatable bonds is 19. The van der Waals surface area contributed by atoms with Crippen LogP contribution < -0.4 is 11.1 Å². The average Bonchev–Trinajstić information content (AvgIpc) is 2.64. The van der Waals surface area contributed by atoms with Crippen LogP contribution in [0.4, 0.5) is 0 Å². The van der Waals surface area contributed by atoms with Crippen molar-refractivity contribution < 1.29 is 4.79 Å². The monoisotopic (exact) mass is 366 g/mol. The van der Waals surface area contributed by atoms with Crippen molar-refractivity contribution >= 4 is 5.91 Å². The second-order valence-electron chi connectivity index (χ2n) is 7.90. The minimum Gasteiger partial charge on any atom is -0.349 e. The Morgan fingerprint density at radius 2 is 1.23 bits per heavy atom. The van der Waals surface area contributed by atoms with Crippen LogP contribution in [0, 0.1) is 0 Å². The summed E-state index contributed by atoms with van der Waals surface area (Å²) in [6.45, 7) is 7.71. The number of hydrogen-bond acceptors (Lipinski definition) is 2. The lowest BCUT2D eigenvalue weighted by Gasteiger charge is -2.20. The lowest BCUT2D eigenvalue weighted by Crippen LogP contribution is -2.45. The zero-order valence-electron chi connectivity index (χ0n) is 17.7. The Morgan fingerprint density at radius 3 is 1.62 bits per heavy atom. The van der Waals surface area contributed by atoms with Gasteiger partial charge in [0.05, 0.1) is 0 Å². The summed E-state index contributed by atoms with van der Waals surface area (Å²) in [5.74, 6) is -0.135. The van der Waals surface area contributed by atoms with E-state index in [9.17, 15) is 4.79 Å². The van der Waals surface area contributed by atoms with E-state index in [0.29, 0.717) is 0 Å². The molecule has 0 aromatic carbocycles. The Morgan fingerprint density at radius 1 is 0.846 bits per heavy atom. The molecule has 0 rings (SSSR count). The normalized spacial score (nSPS) is 13.3. The van der Waals surface area contributed by atoms with Crippen molar-refractivity contribution in [2.75, 3.05) is 0 Å². The molecule has 0 aliphatic heterocycles. The van der Waals surface area contributed by atoms with Gasteiger partial charge in [-0.25, -0.2) is 0 Å². The summed E-state index contributed by atoms with van der Waals surface area (Å²) < 4.78 is 0. The molecule has 0 fully saturated rings. The van der Waals surface area contributed by atoms with Crippen LogP contribution in [0.3, 0.4) is 0 Å². The van der Waals surface area contributed by atoms with E-state index in [1.807, 2.05) is 6.92 Å². The highest BCUT2D eigenvalue weighted by Crippen LogP contribution is 2.14. The number of unbranched alkanes of at least 4 members (excludes halogenated alkanes) is 14. The molecule has 26 heavy (non-hydrogen) atoms. The Labute approximate surface area is 163 Å². The number of nitrogens with one attached hydrogen (secondary N) is 1. The van der Waals surface area contributed by atoms with Crippen molar-refractivity contribution in [2.24, 2.45) is 5.73 Å². The Hall–Kier alpha value is -0.830. The van der Waals surface area contributed by atoms with Crippen LogP contribution in [0.2, 0.25) is 0 Å². The van der Waals surface area contributed by atoms with Gasteiger partial charge in [0.25, 0.3) is 0 Å². The summed E-state index contributed by atoms with van der Waals surface area (Å²) in [6, 6.07) is 0.0630. The minimum absolute atomic E-state index is 0.0205. The van der Waals surface area contributed by atoms with E-state index in [0.717, 1.165) is 12.8 Å². The molecule has 3 heteroatoms. The summed E-state index contributed by atoms with van der Waals surface area (Å²) in [5.41, 5.74) is 6.13. The highest BCUT2D eigenvalue weighted by molar-refractivity contribution is 5.87. The molecule has 2 atom stereocenters. The molecule has 0 radical (unpaired) electrons. The van der Waals surface area contributed by atoms with Gasteiger partial charge in [0.1, 0.15) is 0 Å². The SMILES string of the molecule is C=CC(=O)NC(C)C(N)CCCCCCCCCCCCCCCCC. The lowest BCUT2D eigenvalue weighted by atomic mass is 10.0. The van der Waals surface area contributed by atoms with Crippen molar-refractivity contribution in [3.8, 4) is 0 Å². The van der Waals surface area contributed by atoms with Crippen molar-refractivity contribution in [1.82, 2.24) is 5.32 Å². The van der Waals surface area contributed by atoms with Crippen LogP contribution in [-0.2, 0) is 4.79 Å². The fourth-order valence-electron chi connectivity index (χ4n) is 3.39. The summed E-state index contributed by atoms with van der Waals surface area (Å²) in [7, 11) is 0. The predicted octanol–water partition coefficient (Wildman–Crippen LogP) is 6.27. The molecule has 3 nitrogen and oxygen atoms in total. The molecule has 1 amide bonds. The zero-order valence-corrected chi connectivity index (χ0v) is 17.7. The summed E-state index contributed by atoms with van der Waals surface area (Å²) >= 11 is 0. The van der Waals surface area contributed by atoms with Gasteiger partial charge in [-0.3, -0.25) is 4.79 Å². The molecule has 0 aromatic rings. The van der Waals surface area contributed by atoms with Crippen LogP contribution in [-0.4, -0.2) is 18.0 Å². The van der Waals surface area contributed by atoms with Gasteiger partial charge in [-0.2, -0.15) is 0 Å². The van der Waals surface area contributed by atoms with Gasteiger partial charge in [-0.1, -0.05) is 110 Å². The number of carbonyl (C=O) groups excluding carboxylic acids is 1. The first kappa shape index (κ1) is 25.2. The van der Waals surface area contributed by atoms with Crippen molar-refractivity contribution in [1.29, 1.82) is 0 Å². The third-order valence-electron chi connectivity index (χ3n) is 5.34. The van der Waals surface area contributed by atoms with Crippen molar-refractivity contribution in [2.45, 2.75) is 129 Å². The molecule has 0 aromatic heterocycles. The van der Waals surface area contributed by atoms with Crippen LogP contribution in [0.15, 0.2) is 12.7 Å². The van der Waals surface area contributed by atoms with Crippen molar-refractivity contribution in [3.63, 3.8) is 0 Å². The third-order valence-corrected chi connectivity index (χ3v) is 5.34. The highest BCUT2D eigenvalue weighted by atomic mass is 16.1. The smallest absolute Gasteiger partial charge is 0.243 e. The van der Waals surface area contributed by atoms with E-state index >= 15 is 0 Å². The van der Waals surface area contributed by atoms with Gasteiger partial charge in [-0.05, 0) is 19.4 Å².